The van der Waals surface area contributed by atoms with E-state index in [1.54, 1.807) is 12.1 Å². The molecule has 0 aromatic heterocycles. The van der Waals surface area contributed by atoms with E-state index in [1.165, 1.54) is 6.07 Å². The van der Waals surface area contributed by atoms with Crippen LogP contribution in [0.3, 0.4) is 0 Å². The molecule has 4 nitrogen and oxygen atoms in total. The lowest BCUT2D eigenvalue weighted by atomic mass is 9.86. The van der Waals surface area contributed by atoms with Gasteiger partial charge in [-0.3, -0.25) is 10.1 Å². The molecule has 0 amide bonds. The van der Waals surface area contributed by atoms with Crippen molar-refractivity contribution in [2.45, 2.75) is 26.2 Å². The van der Waals surface area contributed by atoms with Crippen LogP contribution in [0, 0.1) is 10.1 Å². The Balaban J connectivity index is 2.47. The Morgan fingerprint density at radius 2 is 1.76 bits per heavy atom. The molecule has 2 rings (SSSR count). The lowest BCUT2D eigenvalue weighted by Gasteiger charge is -2.22. The van der Waals surface area contributed by atoms with Crippen molar-refractivity contribution in [3.8, 4) is 11.5 Å². The van der Waals surface area contributed by atoms with Gasteiger partial charge in [0.1, 0.15) is 5.75 Å². The second-order valence-corrected chi connectivity index (χ2v) is 6.63. The highest BCUT2D eigenvalue weighted by Crippen LogP contribution is 2.38. The zero-order valence-corrected chi connectivity index (χ0v) is 13.7. The number of nitro benzene ring substituents is 1. The van der Waals surface area contributed by atoms with Crippen LogP contribution in [0.2, 0.25) is 0 Å². The molecule has 0 aliphatic carbocycles. The van der Waals surface area contributed by atoms with Gasteiger partial charge in [-0.25, -0.2) is 0 Å². The van der Waals surface area contributed by atoms with Gasteiger partial charge >= 0.3 is 5.69 Å². The fraction of sp³-hybridized carbons (Fsp3) is 0.250. The van der Waals surface area contributed by atoms with E-state index in [1.807, 2.05) is 24.3 Å². The molecule has 0 saturated carbocycles. The molecule has 0 N–H and O–H groups in total. The van der Waals surface area contributed by atoms with Crippen LogP contribution in [0.1, 0.15) is 26.3 Å². The Bertz CT molecular complexity index is 677. The number of para-hydroxylation sites is 1. The molecule has 0 atom stereocenters. The van der Waals surface area contributed by atoms with E-state index in [9.17, 15) is 10.1 Å². The third-order valence-electron chi connectivity index (χ3n) is 3.03. The van der Waals surface area contributed by atoms with Crippen LogP contribution in [-0.4, -0.2) is 4.92 Å². The van der Waals surface area contributed by atoms with Crippen molar-refractivity contribution < 1.29 is 9.66 Å². The highest BCUT2D eigenvalue weighted by molar-refractivity contribution is 9.10. The molecule has 0 radical (unpaired) electrons. The van der Waals surface area contributed by atoms with E-state index in [2.05, 4.69) is 36.7 Å². The van der Waals surface area contributed by atoms with Crippen molar-refractivity contribution >= 4 is 21.6 Å². The fourth-order valence-corrected chi connectivity index (χ4v) is 2.36. The second-order valence-electron chi connectivity index (χ2n) is 5.72. The first-order chi connectivity index (χ1) is 9.79. The molecule has 110 valence electrons. The molecule has 0 bridgehead atoms. The van der Waals surface area contributed by atoms with Crippen molar-refractivity contribution in [2.75, 3.05) is 0 Å². The molecule has 0 aliphatic heterocycles. The van der Waals surface area contributed by atoms with Crippen molar-refractivity contribution in [1.29, 1.82) is 0 Å². The van der Waals surface area contributed by atoms with Gasteiger partial charge in [-0.15, -0.1) is 0 Å². The van der Waals surface area contributed by atoms with Gasteiger partial charge in [-0.05, 0) is 23.6 Å². The van der Waals surface area contributed by atoms with Gasteiger partial charge in [0.2, 0.25) is 5.75 Å². The number of nitrogens with zero attached hydrogens (tertiary/aromatic N) is 1. The molecule has 0 heterocycles. The van der Waals surface area contributed by atoms with E-state index < -0.39 is 4.92 Å². The van der Waals surface area contributed by atoms with Crippen molar-refractivity contribution in [2.24, 2.45) is 0 Å². The van der Waals surface area contributed by atoms with E-state index in [-0.39, 0.29) is 16.9 Å². The average molecular weight is 350 g/mol. The summed E-state index contributed by atoms with van der Waals surface area (Å²) < 4.78 is 6.47. The molecule has 2 aromatic rings. The van der Waals surface area contributed by atoms with Crippen LogP contribution in [0.5, 0.6) is 11.5 Å². The molecule has 2 aromatic carbocycles. The molecule has 5 heteroatoms. The van der Waals surface area contributed by atoms with Crippen molar-refractivity contribution in [3.05, 3.63) is 62.6 Å². The second kappa shape index (κ2) is 5.85. The molecular weight excluding hydrogens is 334 g/mol. The largest absolute Gasteiger partial charge is 0.450 e. The van der Waals surface area contributed by atoms with Crippen LogP contribution in [0.4, 0.5) is 5.69 Å². The zero-order valence-electron chi connectivity index (χ0n) is 12.1. The predicted molar refractivity (Wildman–Crippen MR) is 86.0 cm³/mol. The Morgan fingerprint density at radius 3 is 2.38 bits per heavy atom. The van der Waals surface area contributed by atoms with Gasteiger partial charge in [-0.2, -0.15) is 0 Å². The Labute approximate surface area is 132 Å². The van der Waals surface area contributed by atoms with E-state index in [4.69, 9.17) is 4.74 Å². The zero-order chi connectivity index (χ0) is 15.6. The Hall–Kier alpha value is -1.88. The lowest BCUT2D eigenvalue weighted by Crippen LogP contribution is -2.12. The van der Waals surface area contributed by atoms with Crippen LogP contribution >= 0.6 is 15.9 Å². The maximum absolute atomic E-state index is 11.2. The minimum absolute atomic E-state index is 0.0620. The highest BCUT2D eigenvalue weighted by atomic mass is 79.9. The number of halogens is 1. The summed E-state index contributed by atoms with van der Waals surface area (Å²) in [6.45, 7) is 6.22. The summed E-state index contributed by atoms with van der Waals surface area (Å²) >= 11 is 3.24. The molecule has 0 fully saturated rings. The van der Waals surface area contributed by atoms with Crippen LogP contribution in [-0.2, 0) is 5.41 Å². The van der Waals surface area contributed by atoms with E-state index in [0.717, 1.165) is 5.56 Å². The first-order valence-corrected chi connectivity index (χ1v) is 7.29. The summed E-state index contributed by atoms with van der Waals surface area (Å²) in [6, 6.07) is 12.4. The molecule has 0 saturated heterocycles. The van der Waals surface area contributed by atoms with E-state index in [0.29, 0.717) is 10.2 Å². The molecule has 0 aliphatic rings. The number of rotatable bonds is 3. The minimum Gasteiger partial charge on any atom is -0.450 e. The third-order valence-corrected chi connectivity index (χ3v) is 3.53. The maximum atomic E-state index is 11.2. The highest BCUT2D eigenvalue weighted by Gasteiger charge is 2.22. The summed E-state index contributed by atoms with van der Waals surface area (Å²) in [7, 11) is 0. The molecule has 0 unspecified atom stereocenters. The van der Waals surface area contributed by atoms with Gasteiger partial charge in [0.05, 0.1) is 4.92 Å². The maximum Gasteiger partial charge on any atom is 0.312 e. The van der Waals surface area contributed by atoms with Gasteiger partial charge < -0.3 is 4.74 Å². The van der Waals surface area contributed by atoms with Crippen LogP contribution < -0.4 is 4.74 Å². The standard InChI is InChI=1S/C16H16BrNO3/c1-16(2,3)12-6-4-5-7-14(12)21-15-9-8-11(17)10-13(15)18(19)20/h4-10H,1-3H3. The summed E-state index contributed by atoms with van der Waals surface area (Å²) in [5, 5.41) is 11.2. The van der Waals surface area contributed by atoms with Gasteiger partial charge in [0.15, 0.2) is 0 Å². The number of nitro groups is 1. The topological polar surface area (TPSA) is 52.4 Å². The SMILES string of the molecule is CC(C)(C)c1ccccc1Oc1ccc(Br)cc1[N+](=O)[O-]. The normalized spacial score (nSPS) is 11.2. The van der Waals surface area contributed by atoms with Crippen LogP contribution in [0.15, 0.2) is 46.9 Å². The monoisotopic (exact) mass is 349 g/mol. The van der Waals surface area contributed by atoms with Gasteiger partial charge in [0, 0.05) is 16.1 Å². The predicted octanol–water partition coefficient (Wildman–Crippen LogP) is 5.45. The Kier molecular flexibility index (Phi) is 4.32. The quantitative estimate of drug-likeness (QED) is 0.547. The number of hydrogen-bond acceptors (Lipinski definition) is 3. The minimum atomic E-state index is -0.445. The molecule has 0 spiro atoms. The first kappa shape index (κ1) is 15.5. The molecule has 21 heavy (non-hydrogen) atoms. The van der Waals surface area contributed by atoms with Gasteiger partial charge in [0.25, 0.3) is 0 Å². The van der Waals surface area contributed by atoms with Gasteiger partial charge in [-0.1, -0.05) is 54.9 Å². The van der Waals surface area contributed by atoms with Crippen molar-refractivity contribution in [1.82, 2.24) is 0 Å². The average Bonchev–Trinajstić information content (AvgIpc) is 2.40. The first-order valence-electron chi connectivity index (χ1n) is 6.50. The summed E-state index contributed by atoms with van der Waals surface area (Å²) in [6.07, 6.45) is 0. The Morgan fingerprint density at radius 1 is 1.10 bits per heavy atom. The number of hydrogen-bond donors (Lipinski definition) is 0. The number of ether oxygens (including phenoxy) is 1. The summed E-state index contributed by atoms with van der Waals surface area (Å²) in [5.41, 5.74) is 0.830. The van der Waals surface area contributed by atoms with E-state index >= 15 is 0 Å². The summed E-state index contributed by atoms with van der Waals surface area (Å²) in [5.74, 6) is 0.871. The fourth-order valence-electron chi connectivity index (χ4n) is 2.01. The molecular formula is C16H16BrNO3. The number of benzene rings is 2. The third kappa shape index (κ3) is 3.61. The summed E-state index contributed by atoms with van der Waals surface area (Å²) in [4.78, 5) is 10.7. The van der Waals surface area contributed by atoms with Crippen molar-refractivity contribution in [3.63, 3.8) is 0 Å². The lowest BCUT2D eigenvalue weighted by molar-refractivity contribution is -0.385. The van der Waals surface area contributed by atoms with Crippen LogP contribution in [0.25, 0.3) is 0 Å². The smallest absolute Gasteiger partial charge is 0.312 e.